The molecule has 1 N–H and O–H groups in total. The summed E-state index contributed by atoms with van der Waals surface area (Å²) in [6.45, 7) is 0.744. The van der Waals surface area contributed by atoms with Gasteiger partial charge in [0.1, 0.15) is 5.75 Å². The Hall–Kier alpha value is -3.05. The molecule has 7 nitrogen and oxygen atoms in total. The lowest BCUT2D eigenvalue weighted by atomic mass is 9.97. The fraction of sp³-hybridized carbons (Fsp3) is 0.464. The van der Waals surface area contributed by atoms with Crippen LogP contribution in [-0.2, 0) is 29.3 Å². The number of fused-ring (bicyclic) bond motifs is 1. The van der Waals surface area contributed by atoms with Crippen LogP contribution in [0.3, 0.4) is 0 Å². The Morgan fingerprint density at radius 1 is 1.08 bits per heavy atom. The Labute approximate surface area is 227 Å². The van der Waals surface area contributed by atoms with Crippen molar-refractivity contribution in [3.05, 3.63) is 71.8 Å². The molecule has 1 aliphatic heterocycles. The van der Waals surface area contributed by atoms with E-state index in [0.29, 0.717) is 18.2 Å². The second kappa shape index (κ2) is 11.2. The molecule has 0 bridgehead atoms. The number of imidazole rings is 1. The SMILES string of the molecule is COc1cccc2c1CN(S(=O)(=O)c1ccc(C(F)(F)F)cc1)CC(CCC1CCCC1)N2Cc1cnc[nH]1. The largest absolute Gasteiger partial charge is 0.496 e. The molecule has 2 aliphatic rings. The molecule has 2 heterocycles. The summed E-state index contributed by atoms with van der Waals surface area (Å²) in [6, 6.07) is 9.24. The molecule has 0 saturated heterocycles. The van der Waals surface area contributed by atoms with Gasteiger partial charge in [0, 0.05) is 36.6 Å². The van der Waals surface area contributed by atoms with Gasteiger partial charge in [-0.15, -0.1) is 0 Å². The average molecular weight is 563 g/mol. The molecule has 2 aromatic carbocycles. The van der Waals surface area contributed by atoms with Crippen LogP contribution in [0.25, 0.3) is 0 Å². The molecule has 1 aromatic heterocycles. The number of sulfonamides is 1. The van der Waals surface area contributed by atoms with E-state index < -0.39 is 21.8 Å². The molecule has 5 rings (SSSR count). The van der Waals surface area contributed by atoms with Gasteiger partial charge in [-0.25, -0.2) is 13.4 Å². The van der Waals surface area contributed by atoms with E-state index in [0.717, 1.165) is 54.1 Å². The van der Waals surface area contributed by atoms with Crippen LogP contribution in [0.2, 0.25) is 0 Å². The van der Waals surface area contributed by atoms with Crippen LogP contribution in [0.15, 0.2) is 59.9 Å². The summed E-state index contributed by atoms with van der Waals surface area (Å²) in [7, 11) is -2.56. The van der Waals surface area contributed by atoms with Crippen molar-refractivity contribution in [1.82, 2.24) is 14.3 Å². The maximum atomic E-state index is 13.9. The van der Waals surface area contributed by atoms with Gasteiger partial charge in [0.2, 0.25) is 10.0 Å². The number of nitrogens with one attached hydrogen (secondary N) is 1. The van der Waals surface area contributed by atoms with E-state index in [9.17, 15) is 21.6 Å². The number of H-pyrrole nitrogens is 1. The molecule has 1 fully saturated rings. The zero-order chi connectivity index (χ0) is 27.6. The number of nitrogens with zero attached hydrogens (tertiary/aromatic N) is 3. The Bertz CT molecular complexity index is 1360. The van der Waals surface area contributed by atoms with Crippen LogP contribution in [-0.4, -0.2) is 42.4 Å². The van der Waals surface area contributed by atoms with Crippen molar-refractivity contribution in [3.63, 3.8) is 0 Å². The fourth-order valence-electron chi connectivity index (χ4n) is 5.84. The molecule has 0 amide bonds. The highest BCUT2D eigenvalue weighted by Gasteiger charge is 2.37. The van der Waals surface area contributed by atoms with E-state index in [1.807, 2.05) is 12.1 Å². The van der Waals surface area contributed by atoms with Gasteiger partial charge in [-0.1, -0.05) is 31.7 Å². The van der Waals surface area contributed by atoms with Gasteiger partial charge in [-0.3, -0.25) is 0 Å². The van der Waals surface area contributed by atoms with Gasteiger partial charge >= 0.3 is 6.18 Å². The van der Waals surface area contributed by atoms with Gasteiger partial charge < -0.3 is 14.6 Å². The number of hydrogen-bond donors (Lipinski definition) is 1. The predicted molar refractivity (Wildman–Crippen MR) is 142 cm³/mol. The summed E-state index contributed by atoms with van der Waals surface area (Å²) in [5, 5.41) is 0. The van der Waals surface area contributed by atoms with Crippen molar-refractivity contribution in [2.75, 3.05) is 18.6 Å². The summed E-state index contributed by atoms with van der Waals surface area (Å²) < 4.78 is 74.3. The molecule has 1 aliphatic carbocycles. The van der Waals surface area contributed by atoms with Crippen molar-refractivity contribution in [2.45, 2.75) is 68.7 Å². The molecule has 1 atom stereocenters. The van der Waals surface area contributed by atoms with Crippen molar-refractivity contribution in [1.29, 1.82) is 0 Å². The van der Waals surface area contributed by atoms with E-state index >= 15 is 0 Å². The van der Waals surface area contributed by atoms with Gasteiger partial charge in [0.15, 0.2) is 0 Å². The Morgan fingerprint density at radius 3 is 2.46 bits per heavy atom. The number of halogens is 3. The highest BCUT2D eigenvalue weighted by Crippen LogP contribution is 2.39. The first-order chi connectivity index (χ1) is 18.7. The monoisotopic (exact) mass is 562 g/mol. The third kappa shape index (κ3) is 5.94. The standard InChI is InChI=1S/C28H33F3N4O3S/c1-38-27-8-4-7-26-25(27)18-34(39(36,37)24-13-10-21(11-14-24)28(29,30)31)17-23(12-9-20-5-2-3-6-20)35(26)16-22-15-32-19-33-22/h4,7-8,10-11,13-15,19-20,23H,2-3,5-6,9,12,16-18H2,1H3,(H,32,33). The molecular formula is C28H33F3N4O3S. The van der Waals surface area contributed by atoms with Crippen molar-refractivity contribution < 1.29 is 26.3 Å². The Morgan fingerprint density at radius 2 is 1.82 bits per heavy atom. The number of rotatable bonds is 8. The molecule has 210 valence electrons. The zero-order valence-corrected chi connectivity index (χ0v) is 22.6. The maximum absolute atomic E-state index is 13.9. The van der Waals surface area contributed by atoms with E-state index in [2.05, 4.69) is 14.9 Å². The van der Waals surface area contributed by atoms with E-state index in [1.54, 1.807) is 25.7 Å². The smallest absolute Gasteiger partial charge is 0.416 e. The van der Waals surface area contributed by atoms with Crippen molar-refractivity contribution >= 4 is 15.7 Å². The minimum atomic E-state index is -4.55. The lowest BCUT2D eigenvalue weighted by molar-refractivity contribution is -0.137. The molecule has 3 aromatic rings. The summed E-state index contributed by atoms with van der Waals surface area (Å²) in [4.78, 5) is 9.38. The molecule has 39 heavy (non-hydrogen) atoms. The summed E-state index contributed by atoms with van der Waals surface area (Å²) in [5.41, 5.74) is 1.61. The van der Waals surface area contributed by atoms with Gasteiger partial charge in [-0.05, 0) is 55.2 Å². The van der Waals surface area contributed by atoms with Crippen LogP contribution in [0, 0.1) is 5.92 Å². The van der Waals surface area contributed by atoms with Gasteiger partial charge in [0.05, 0.1) is 36.1 Å². The van der Waals surface area contributed by atoms with Crippen LogP contribution in [0.5, 0.6) is 5.75 Å². The summed E-state index contributed by atoms with van der Waals surface area (Å²) >= 11 is 0. The predicted octanol–water partition coefficient (Wildman–Crippen LogP) is 5.99. The number of aromatic amines is 1. The first-order valence-corrected chi connectivity index (χ1v) is 14.7. The number of alkyl halides is 3. The second-order valence-corrected chi connectivity index (χ2v) is 12.3. The molecule has 0 radical (unpaired) electrons. The Kier molecular flexibility index (Phi) is 7.91. The number of ether oxygens (including phenoxy) is 1. The van der Waals surface area contributed by atoms with E-state index in [-0.39, 0.29) is 24.0 Å². The van der Waals surface area contributed by atoms with Crippen LogP contribution in [0.4, 0.5) is 18.9 Å². The number of aromatic nitrogens is 2. The minimum absolute atomic E-state index is 0.0438. The lowest BCUT2D eigenvalue weighted by Crippen LogP contribution is -2.43. The van der Waals surface area contributed by atoms with Gasteiger partial charge in [-0.2, -0.15) is 17.5 Å². The van der Waals surface area contributed by atoms with E-state index in [1.165, 1.54) is 30.0 Å². The van der Waals surface area contributed by atoms with Crippen molar-refractivity contribution in [2.24, 2.45) is 5.92 Å². The Balaban J connectivity index is 1.55. The molecular weight excluding hydrogens is 529 g/mol. The van der Waals surface area contributed by atoms with Crippen molar-refractivity contribution in [3.8, 4) is 5.75 Å². The lowest BCUT2D eigenvalue weighted by Gasteiger charge is -2.34. The normalized spacial score (nSPS) is 19.2. The quantitative estimate of drug-likeness (QED) is 0.365. The minimum Gasteiger partial charge on any atom is -0.496 e. The second-order valence-electron chi connectivity index (χ2n) is 10.4. The van der Waals surface area contributed by atoms with Crippen LogP contribution in [0.1, 0.15) is 55.3 Å². The number of benzene rings is 2. The molecule has 0 spiro atoms. The summed E-state index contributed by atoms with van der Waals surface area (Å²) in [6.07, 6.45) is 5.42. The number of hydrogen-bond acceptors (Lipinski definition) is 5. The highest BCUT2D eigenvalue weighted by molar-refractivity contribution is 7.89. The molecule has 1 saturated carbocycles. The maximum Gasteiger partial charge on any atom is 0.416 e. The van der Waals surface area contributed by atoms with Crippen LogP contribution >= 0.6 is 0 Å². The van der Waals surface area contributed by atoms with E-state index in [4.69, 9.17) is 4.74 Å². The zero-order valence-electron chi connectivity index (χ0n) is 21.8. The fourth-order valence-corrected chi connectivity index (χ4v) is 7.28. The first-order valence-electron chi connectivity index (χ1n) is 13.2. The molecule has 11 heteroatoms. The highest BCUT2D eigenvalue weighted by atomic mass is 32.2. The van der Waals surface area contributed by atoms with Gasteiger partial charge in [0.25, 0.3) is 0 Å². The third-order valence-corrected chi connectivity index (χ3v) is 9.75. The molecule has 1 unspecified atom stereocenters. The first kappa shape index (κ1) is 27.5. The third-order valence-electron chi connectivity index (χ3n) is 7.93. The number of methoxy groups -OCH3 is 1. The average Bonchev–Trinajstić information content (AvgIpc) is 3.61. The topological polar surface area (TPSA) is 78.5 Å². The number of anilines is 1. The summed E-state index contributed by atoms with van der Waals surface area (Å²) in [5.74, 6) is 1.18. The van der Waals surface area contributed by atoms with Crippen LogP contribution < -0.4 is 9.64 Å².